The minimum atomic E-state index is -0.832. The van der Waals surface area contributed by atoms with Gasteiger partial charge in [-0.25, -0.2) is 0 Å². The van der Waals surface area contributed by atoms with Crippen molar-refractivity contribution in [1.82, 2.24) is 10.6 Å². The third-order valence-electron chi connectivity index (χ3n) is 18.8. The Kier molecular flexibility index (Phi) is 9.65. The van der Waals surface area contributed by atoms with Gasteiger partial charge in [-0.3, -0.25) is 19.2 Å². The number of carbonyl (C=O) groups is 4. The van der Waals surface area contributed by atoms with Crippen LogP contribution < -0.4 is 10.6 Å². The third-order valence-corrected chi connectivity index (χ3v) is 19.0. The molecule has 57 heavy (non-hydrogen) atoms. The Morgan fingerprint density at radius 1 is 0.860 bits per heavy atom. The van der Waals surface area contributed by atoms with Crippen LogP contribution in [0.4, 0.5) is 0 Å². The quantitative estimate of drug-likeness (QED) is 0.224. The van der Waals surface area contributed by atoms with E-state index in [9.17, 15) is 24.3 Å². The number of hydrogen-bond acceptors (Lipinski definition) is 6. The third kappa shape index (κ3) is 5.81. The number of ketones is 1. The lowest BCUT2D eigenvalue weighted by atomic mass is 9.33. The lowest BCUT2D eigenvalue weighted by Crippen LogP contribution is -2.67. The first-order valence-electron chi connectivity index (χ1n) is 22.1. The maximum absolute atomic E-state index is 14.3. The van der Waals surface area contributed by atoms with Crippen LogP contribution in [-0.4, -0.2) is 47.9 Å². The second kappa shape index (κ2) is 13.4. The predicted octanol–water partition coefficient (Wildman–Crippen LogP) is 9.28. The number of hydrogen-bond donors (Lipinski definition) is 3. The van der Waals surface area contributed by atoms with Crippen LogP contribution in [0.3, 0.4) is 0 Å². The van der Waals surface area contributed by atoms with Crippen LogP contribution in [0.1, 0.15) is 139 Å². The van der Waals surface area contributed by atoms with E-state index < -0.39 is 28.3 Å². The molecule has 0 bridgehead atoms. The number of aliphatic carboxylic acids is 1. The molecule has 1 aromatic rings. The molecule has 1 saturated heterocycles. The Hall–Kier alpha value is -2.71. The van der Waals surface area contributed by atoms with E-state index in [1.165, 1.54) is 5.57 Å². The largest absolute Gasteiger partial charge is 0.481 e. The molecular weight excluding hydrogens is 736 g/mol. The molecule has 0 radical (unpaired) electrons. The maximum Gasteiger partial charge on any atom is 0.309 e. The van der Waals surface area contributed by atoms with Gasteiger partial charge in [0.2, 0.25) is 5.91 Å². The van der Waals surface area contributed by atoms with Gasteiger partial charge in [0.05, 0.1) is 17.4 Å². The fraction of sp³-hybridized carbons (Fsp3) is 0.750. The molecule has 5 saturated carbocycles. The molecule has 9 heteroatoms. The molecule has 3 N–H and O–H groups in total. The fourth-order valence-electron chi connectivity index (χ4n) is 15.2. The predicted molar refractivity (Wildman–Crippen MR) is 221 cm³/mol. The van der Waals surface area contributed by atoms with Gasteiger partial charge in [-0.2, -0.15) is 0 Å². The SMILES string of the molecule is CC(C)C1=C2[C@H]3CC[C@@H]4[C@@]5(C)CC[C@H](OC(=O)[C@H]6C[C@@H](C(=O)O)C6(C)C)C(C)(C)[C@@H]5CC[C@@]4(C)[C@]3(C)CC[C@@]2(CC(=O)NC2(c3ccc(Cl)cc3)CNC2)CC1=O. The minimum Gasteiger partial charge on any atom is -0.481 e. The van der Waals surface area contributed by atoms with Crippen molar-refractivity contribution in [2.45, 2.75) is 145 Å². The first-order chi connectivity index (χ1) is 26.6. The van der Waals surface area contributed by atoms with Crippen molar-refractivity contribution in [3.8, 4) is 0 Å². The Balaban J connectivity index is 1.04. The average molecular weight is 804 g/mol. The fourth-order valence-corrected chi connectivity index (χ4v) is 15.4. The molecule has 1 aliphatic heterocycles. The standard InChI is InChI=1S/C48H67ClN2O6/c1-27(2)38-33(52)23-47(24-37(53)51-48(25-50-26-48)28-10-12-29(49)13-11-28)21-20-45(8)30(39(38)47)14-15-35-44(7)18-17-36(43(5,6)34(44)16-19-46(35,45)9)57-41(56)32-22-31(40(54)55)42(32,3)4/h10-13,27,30-32,34-36,50H,14-26H2,1-9H3,(H,51,53)(H,54,55)/t30-,31+,32-,34+,35-,36+,44+,45-,46-,47+/m1/s1. The van der Waals surface area contributed by atoms with Crippen molar-refractivity contribution in [3.63, 3.8) is 0 Å². The van der Waals surface area contributed by atoms with Crippen LogP contribution in [0.15, 0.2) is 35.4 Å². The van der Waals surface area contributed by atoms with Gasteiger partial charge in [-0.15, -0.1) is 0 Å². The van der Waals surface area contributed by atoms with E-state index in [4.69, 9.17) is 16.3 Å². The van der Waals surface area contributed by atoms with Crippen LogP contribution in [0.5, 0.6) is 0 Å². The highest BCUT2D eigenvalue weighted by Gasteiger charge is 2.70. The number of esters is 1. The molecule has 0 aromatic heterocycles. The number of Topliss-reactive ketones (excluding diaryl/α,β-unsaturated/α-hetero) is 1. The van der Waals surface area contributed by atoms with Crippen molar-refractivity contribution in [3.05, 3.63) is 46.0 Å². The summed E-state index contributed by atoms with van der Waals surface area (Å²) in [6.45, 7) is 21.7. The van der Waals surface area contributed by atoms with E-state index in [1.54, 1.807) is 0 Å². The van der Waals surface area contributed by atoms with Gasteiger partial charge in [-0.05, 0) is 126 Å². The number of allylic oxidation sites excluding steroid dienone is 2. The molecule has 1 amide bonds. The molecule has 1 aromatic carbocycles. The summed E-state index contributed by atoms with van der Waals surface area (Å²) in [5.74, 6) is -0.447. The van der Waals surface area contributed by atoms with Crippen LogP contribution in [-0.2, 0) is 29.5 Å². The van der Waals surface area contributed by atoms with Crippen LogP contribution >= 0.6 is 11.6 Å². The van der Waals surface area contributed by atoms with Gasteiger partial charge >= 0.3 is 11.9 Å². The number of ether oxygens (including phenoxy) is 1. The summed E-state index contributed by atoms with van der Waals surface area (Å²) in [4.78, 5) is 54.0. The summed E-state index contributed by atoms with van der Waals surface area (Å²) in [7, 11) is 0. The molecule has 8 rings (SSSR count). The number of rotatable bonds is 8. The Bertz CT molecular complexity index is 1900. The number of benzene rings is 1. The lowest BCUT2D eigenvalue weighted by Gasteiger charge is -2.72. The van der Waals surface area contributed by atoms with Gasteiger partial charge in [0, 0.05) is 41.8 Å². The van der Waals surface area contributed by atoms with Crippen LogP contribution in [0, 0.1) is 68.0 Å². The first-order valence-corrected chi connectivity index (χ1v) is 22.4. The Morgan fingerprint density at radius 3 is 2.14 bits per heavy atom. The van der Waals surface area contributed by atoms with Gasteiger partial charge in [-0.1, -0.05) is 91.6 Å². The van der Waals surface area contributed by atoms with Crippen molar-refractivity contribution in [2.24, 2.45) is 68.0 Å². The molecule has 0 unspecified atom stereocenters. The van der Waals surface area contributed by atoms with Crippen molar-refractivity contribution >= 4 is 35.2 Å². The molecule has 6 fully saturated rings. The highest BCUT2D eigenvalue weighted by Crippen LogP contribution is 2.77. The second-order valence-corrected chi connectivity index (χ2v) is 22.6. The zero-order valence-electron chi connectivity index (χ0n) is 35.9. The molecule has 312 valence electrons. The molecule has 1 heterocycles. The number of carboxylic acid groups (broad SMARTS) is 1. The average Bonchev–Trinajstić information content (AvgIpc) is 3.39. The summed E-state index contributed by atoms with van der Waals surface area (Å²) in [6, 6.07) is 7.80. The summed E-state index contributed by atoms with van der Waals surface area (Å²) >= 11 is 6.23. The topological polar surface area (TPSA) is 122 Å². The Morgan fingerprint density at radius 2 is 1.54 bits per heavy atom. The molecular formula is C48H67ClN2O6. The Labute approximate surface area is 345 Å². The maximum atomic E-state index is 14.3. The second-order valence-electron chi connectivity index (χ2n) is 22.2. The number of fused-ring (bicyclic) bond motifs is 7. The number of carbonyl (C=O) groups excluding carboxylic acids is 3. The van der Waals surface area contributed by atoms with Gasteiger partial charge in [0.15, 0.2) is 5.78 Å². The molecule has 6 aliphatic carbocycles. The van der Waals surface area contributed by atoms with Crippen molar-refractivity contribution in [2.75, 3.05) is 13.1 Å². The van der Waals surface area contributed by atoms with E-state index >= 15 is 0 Å². The summed E-state index contributed by atoms with van der Waals surface area (Å²) in [5.41, 5.74) is 1.73. The van der Waals surface area contributed by atoms with E-state index in [0.29, 0.717) is 49.2 Å². The molecule has 7 aliphatic rings. The summed E-state index contributed by atoms with van der Waals surface area (Å²) < 4.78 is 6.43. The molecule has 10 atom stereocenters. The molecule has 8 nitrogen and oxygen atoms in total. The minimum absolute atomic E-state index is 0.0175. The van der Waals surface area contributed by atoms with E-state index in [0.717, 1.165) is 62.5 Å². The summed E-state index contributed by atoms with van der Waals surface area (Å²) in [6.07, 6.45) is 8.87. The normalized spacial score (nSPS) is 41.1. The van der Waals surface area contributed by atoms with Crippen LogP contribution in [0.2, 0.25) is 5.02 Å². The monoisotopic (exact) mass is 802 g/mol. The van der Waals surface area contributed by atoms with E-state index in [2.05, 4.69) is 59.1 Å². The van der Waals surface area contributed by atoms with Crippen molar-refractivity contribution in [1.29, 1.82) is 0 Å². The lowest BCUT2D eigenvalue weighted by molar-refractivity contribution is -0.236. The van der Waals surface area contributed by atoms with Crippen molar-refractivity contribution < 1.29 is 29.0 Å². The van der Waals surface area contributed by atoms with Gasteiger partial charge in [0.1, 0.15) is 6.10 Å². The van der Waals surface area contributed by atoms with Gasteiger partial charge < -0.3 is 20.5 Å². The summed E-state index contributed by atoms with van der Waals surface area (Å²) in [5, 5.41) is 17.2. The van der Waals surface area contributed by atoms with E-state index in [1.807, 2.05) is 38.1 Å². The number of carboxylic acids is 1. The zero-order chi connectivity index (χ0) is 41.3. The molecule has 0 spiro atoms. The number of amides is 1. The number of nitrogens with one attached hydrogen (secondary N) is 2. The number of halogens is 1. The highest BCUT2D eigenvalue weighted by molar-refractivity contribution is 6.30. The van der Waals surface area contributed by atoms with Crippen LogP contribution in [0.25, 0.3) is 0 Å². The van der Waals surface area contributed by atoms with Gasteiger partial charge in [0.25, 0.3) is 0 Å². The first kappa shape index (κ1) is 41.0. The highest BCUT2D eigenvalue weighted by atomic mass is 35.5. The zero-order valence-corrected chi connectivity index (χ0v) is 36.7. The smallest absolute Gasteiger partial charge is 0.309 e. The van der Waals surface area contributed by atoms with E-state index in [-0.39, 0.29) is 63.2 Å².